The zero-order valence-electron chi connectivity index (χ0n) is 14.2. The average Bonchev–Trinajstić information content (AvgIpc) is 2.99. The molecule has 0 spiro atoms. The molecule has 0 bridgehead atoms. The minimum atomic E-state index is -3.17. The van der Waals surface area contributed by atoms with E-state index in [-0.39, 0.29) is 23.5 Å². The maximum Gasteiger partial charge on any atom is 0.174 e. The monoisotopic (exact) mass is 475 g/mol. The number of aliphatic hydroxyl groups excluding tert-OH is 1. The van der Waals surface area contributed by atoms with E-state index in [2.05, 4.69) is 26.2 Å². The summed E-state index contributed by atoms with van der Waals surface area (Å²) in [7, 11) is -3.17. The molecular weight excluding hydrogens is 461 g/mol. The highest BCUT2D eigenvalue weighted by Gasteiger charge is 2.18. The van der Waals surface area contributed by atoms with Crippen molar-refractivity contribution >= 4 is 59.8 Å². The number of anilines is 2. The molecule has 2 N–H and O–H groups in total. The fourth-order valence-electron chi connectivity index (χ4n) is 2.64. The maximum atomic E-state index is 15.1. The lowest BCUT2D eigenvalue weighted by Gasteiger charge is -2.14. The van der Waals surface area contributed by atoms with E-state index >= 15 is 4.39 Å². The van der Waals surface area contributed by atoms with Crippen LogP contribution in [0.1, 0.15) is 5.56 Å². The van der Waals surface area contributed by atoms with Crippen molar-refractivity contribution in [1.82, 2.24) is 9.55 Å². The molecule has 0 aliphatic carbocycles. The lowest BCUT2D eigenvalue weighted by molar-refractivity contribution is 0.282. The summed E-state index contributed by atoms with van der Waals surface area (Å²) in [5.74, 6) is -0.739. The number of nitrogens with one attached hydrogen (secondary N) is 1. The van der Waals surface area contributed by atoms with Crippen molar-refractivity contribution in [2.75, 3.05) is 17.3 Å². The molecule has 144 valence electrons. The lowest BCUT2D eigenvalue weighted by Crippen LogP contribution is -2.10. The SMILES string of the molecule is CS(=O)(=O)CCn1cnc2c(F)c(Nc3ccc(Br)cc3Cl)c(CO)cc21. The predicted octanol–water partition coefficient (Wildman–Crippen LogP) is 3.87. The molecule has 0 saturated heterocycles. The van der Waals surface area contributed by atoms with E-state index in [1.807, 2.05) is 0 Å². The second-order valence-corrected chi connectivity index (χ2v) is 9.65. The number of aryl methyl sites for hydroxylation is 1. The summed E-state index contributed by atoms with van der Waals surface area (Å²) >= 11 is 9.49. The number of fused-ring (bicyclic) bond motifs is 1. The van der Waals surface area contributed by atoms with Gasteiger partial charge in [0.15, 0.2) is 5.82 Å². The van der Waals surface area contributed by atoms with Crippen LogP contribution in [-0.2, 0) is 23.0 Å². The standard InChI is InChI=1S/C17H16BrClFN3O3S/c1-27(25,26)5-4-23-9-21-17-14(23)6-10(8-24)16(15(17)20)22-13-3-2-11(18)7-12(13)19/h2-3,6-7,9,22,24H,4-5,8H2,1H3. The van der Waals surface area contributed by atoms with Crippen LogP contribution in [0.25, 0.3) is 11.0 Å². The molecule has 0 aliphatic rings. The number of aliphatic hydroxyl groups is 1. The molecule has 0 amide bonds. The summed E-state index contributed by atoms with van der Waals surface area (Å²) < 4.78 is 40.2. The van der Waals surface area contributed by atoms with Gasteiger partial charge in [0.25, 0.3) is 0 Å². The van der Waals surface area contributed by atoms with Gasteiger partial charge in [-0.15, -0.1) is 0 Å². The third kappa shape index (κ3) is 4.43. The summed E-state index contributed by atoms with van der Waals surface area (Å²) in [6, 6.07) is 6.69. The number of rotatable bonds is 6. The Bertz CT molecular complexity index is 1120. The molecule has 1 aromatic heterocycles. The van der Waals surface area contributed by atoms with Gasteiger partial charge in [-0.2, -0.15) is 0 Å². The fourth-order valence-corrected chi connectivity index (χ4v) is 3.89. The van der Waals surface area contributed by atoms with E-state index in [0.29, 0.717) is 21.8 Å². The number of halogens is 3. The summed E-state index contributed by atoms with van der Waals surface area (Å²) in [5, 5.41) is 13.0. The number of hydrogen-bond acceptors (Lipinski definition) is 5. The van der Waals surface area contributed by atoms with Crippen LogP contribution >= 0.6 is 27.5 Å². The second kappa shape index (κ2) is 7.75. The quantitative estimate of drug-likeness (QED) is 0.564. The van der Waals surface area contributed by atoms with Gasteiger partial charge in [0.2, 0.25) is 0 Å². The molecule has 0 unspecified atom stereocenters. The summed E-state index contributed by atoms with van der Waals surface area (Å²) in [5.41, 5.74) is 1.34. The molecule has 0 aliphatic heterocycles. The van der Waals surface area contributed by atoms with Crippen LogP contribution in [0.2, 0.25) is 5.02 Å². The van der Waals surface area contributed by atoms with E-state index in [4.69, 9.17) is 11.6 Å². The van der Waals surface area contributed by atoms with E-state index in [1.54, 1.807) is 28.8 Å². The zero-order valence-corrected chi connectivity index (χ0v) is 17.4. The van der Waals surface area contributed by atoms with Crippen molar-refractivity contribution in [3.63, 3.8) is 0 Å². The molecule has 3 rings (SSSR count). The summed E-state index contributed by atoms with van der Waals surface area (Å²) in [4.78, 5) is 4.06. The van der Waals surface area contributed by atoms with Crippen molar-refractivity contribution in [2.24, 2.45) is 0 Å². The largest absolute Gasteiger partial charge is 0.392 e. The van der Waals surface area contributed by atoms with Gasteiger partial charge in [0.1, 0.15) is 15.4 Å². The third-order valence-corrected chi connectivity index (χ3v) is 5.73. The summed E-state index contributed by atoms with van der Waals surface area (Å²) in [6.07, 6.45) is 2.52. The number of sulfone groups is 1. The number of hydrogen-bond donors (Lipinski definition) is 2. The van der Waals surface area contributed by atoms with Crippen LogP contribution in [0, 0.1) is 5.82 Å². The second-order valence-electron chi connectivity index (χ2n) is 6.07. The lowest BCUT2D eigenvalue weighted by atomic mass is 10.1. The van der Waals surface area contributed by atoms with Crippen LogP contribution in [-0.4, -0.2) is 35.1 Å². The van der Waals surface area contributed by atoms with Gasteiger partial charge >= 0.3 is 0 Å². The van der Waals surface area contributed by atoms with Crippen LogP contribution in [0.4, 0.5) is 15.8 Å². The highest BCUT2D eigenvalue weighted by molar-refractivity contribution is 9.10. The molecule has 1 heterocycles. The smallest absolute Gasteiger partial charge is 0.174 e. The Morgan fingerprint density at radius 1 is 1.37 bits per heavy atom. The van der Waals surface area contributed by atoms with Crippen molar-refractivity contribution in [3.8, 4) is 0 Å². The van der Waals surface area contributed by atoms with E-state index in [0.717, 1.165) is 10.7 Å². The third-order valence-electron chi connectivity index (χ3n) is 4.00. The van der Waals surface area contributed by atoms with Crippen LogP contribution in [0.3, 0.4) is 0 Å². The Morgan fingerprint density at radius 2 is 2.11 bits per heavy atom. The van der Waals surface area contributed by atoms with E-state index < -0.39 is 22.3 Å². The van der Waals surface area contributed by atoms with Gasteiger partial charge in [-0.25, -0.2) is 17.8 Å². The maximum absolute atomic E-state index is 15.1. The van der Waals surface area contributed by atoms with Crippen molar-refractivity contribution in [1.29, 1.82) is 0 Å². The zero-order chi connectivity index (χ0) is 19.8. The normalized spacial score (nSPS) is 11.9. The first-order valence-corrected chi connectivity index (χ1v) is 11.1. The molecule has 0 fully saturated rings. The highest BCUT2D eigenvalue weighted by atomic mass is 79.9. The molecule has 27 heavy (non-hydrogen) atoms. The molecule has 2 aromatic carbocycles. The minimum absolute atomic E-state index is 0.0718. The van der Waals surface area contributed by atoms with E-state index in [1.165, 1.54) is 6.33 Å². The molecule has 0 radical (unpaired) electrons. The molecular formula is C17H16BrClFN3O3S. The first-order valence-electron chi connectivity index (χ1n) is 7.86. The Labute approximate surface area is 169 Å². The summed E-state index contributed by atoms with van der Waals surface area (Å²) in [6.45, 7) is -0.272. The first kappa shape index (κ1) is 20.1. The van der Waals surface area contributed by atoms with Crippen LogP contribution < -0.4 is 5.32 Å². The molecule has 10 heteroatoms. The van der Waals surface area contributed by atoms with Crippen molar-refractivity contribution in [3.05, 3.63) is 51.5 Å². The van der Waals surface area contributed by atoms with Gasteiger partial charge in [-0.3, -0.25) is 0 Å². The molecule has 6 nitrogen and oxygen atoms in total. The molecule has 0 saturated carbocycles. The van der Waals surface area contributed by atoms with E-state index in [9.17, 15) is 13.5 Å². The fraction of sp³-hybridized carbons (Fsp3) is 0.235. The average molecular weight is 477 g/mol. The van der Waals surface area contributed by atoms with Gasteiger partial charge in [-0.1, -0.05) is 27.5 Å². The highest BCUT2D eigenvalue weighted by Crippen LogP contribution is 2.34. The number of imidazole rings is 1. The number of nitrogens with zero attached hydrogens (tertiary/aromatic N) is 2. The Morgan fingerprint density at radius 3 is 2.74 bits per heavy atom. The molecule has 0 atom stereocenters. The van der Waals surface area contributed by atoms with Gasteiger partial charge in [-0.05, 0) is 24.3 Å². The van der Waals surface area contributed by atoms with Crippen LogP contribution in [0.15, 0.2) is 35.1 Å². The Hall–Kier alpha value is -1.68. The van der Waals surface area contributed by atoms with Crippen LogP contribution in [0.5, 0.6) is 0 Å². The van der Waals surface area contributed by atoms with Gasteiger partial charge < -0.3 is 15.0 Å². The molecule has 3 aromatic rings. The van der Waals surface area contributed by atoms with Crippen molar-refractivity contribution < 1.29 is 17.9 Å². The Balaban J connectivity index is 2.05. The topological polar surface area (TPSA) is 84.2 Å². The minimum Gasteiger partial charge on any atom is -0.392 e. The predicted molar refractivity (Wildman–Crippen MR) is 108 cm³/mol. The number of benzene rings is 2. The first-order chi connectivity index (χ1) is 12.7. The van der Waals surface area contributed by atoms with Crippen molar-refractivity contribution in [2.45, 2.75) is 13.2 Å². The van der Waals surface area contributed by atoms with Gasteiger partial charge in [0.05, 0.1) is 40.6 Å². The van der Waals surface area contributed by atoms with Gasteiger partial charge in [0, 0.05) is 22.8 Å². The number of aromatic nitrogens is 2. The Kier molecular flexibility index (Phi) is 5.76.